The van der Waals surface area contributed by atoms with Crippen molar-refractivity contribution in [2.24, 2.45) is 0 Å². The van der Waals surface area contributed by atoms with E-state index in [0.717, 1.165) is 33.8 Å². The van der Waals surface area contributed by atoms with E-state index in [0.29, 0.717) is 33.7 Å². The first-order chi connectivity index (χ1) is 17.5. The number of benzene rings is 3. The number of carbonyl (C=O) groups is 1. The molecule has 2 aromatic heterocycles. The second kappa shape index (κ2) is 8.43. The maximum Gasteiger partial charge on any atom is 0.342 e. The first-order valence-electron chi connectivity index (χ1n) is 11.1. The number of cyclic esters (lactones) is 1. The van der Waals surface area contributed by atoms with Crippen molar-refractivity contribution in [2.75, 3.05) is 14.2 Å². The molecule has 10 heteroatoms. The minimum absolute atomic E-state index is 0.238. The van der Waals surface area contributed by atoms with Crippen molar-refractivity contribution in [1.82, 2.24) is 18.7 Å². The predicted molar refractivity (Wildman–Crippen MR) is 134 cm³/mol. The second-order valence-corrected chi connectivity index (χ2v) is 8.88. The number of imidazole rings is 1. The van der Waals surface area contributed by atoms with Crippen LogP contribution in [0.1, 0.15) is 16.7 Å². The Morgan fingerprint density at radius 2 is 1.81 bits per heavy atom. The summed E-state index contributed by atoms with van der Waals surface area (Å²) in [5.41, 5.74) is 5.54. The van der Waals surface area contributed by atoms with Gasteiger partial charge in [0.2, 0.25) is 0 Å². The number of aliphatic hydroxyl groups is 1. The summed E-state index contributed by atoms with van der Waals surface area (Å²) < 4.78 is 25.0. The van der Waals surface area contributed by atoms with Crippen molar-refractivity contribution in [3.8, 4) is 11.5 Å². The van der Waals surface area contributed by atoms with Gasteiger partial charge in [0.05, 0.1) is 48.9 Å². The average molecular weight is 501 g/mol. The first kappa shape index (κ1) is 22.2. The Labute approximate surface area is 209 Å². The molecule has 0 fully saturated rings. The number of methoxy groups -OCH3 is 2. The van der Waals surface area contributed by atoms with Crippen molar-refractivity contribution in [2.45, 2.75) is 12.2 Å². The molecule has 3 aromatic carbocycles. The summed E-state index contributed by atoms with van der Waals surface area (Å²) in [7, 11) is 3.03. The van der Waals surface area contributed by atoms with E-state index in [2.05, 4.69) is 18.7 Å². The molecule has 1 unspecified atom stereocenters. The van der Waals surface area contributed by atoms with Crippen LogP contribution in [0.15, 0.2) is 66.5 Å². The fourth-order valence-corrected chi connectivity index (χ4v) is 5.07. The number of nitrogens with zero attached hydrogens (tertiary/aromatic N) is 3. The number of hydrogen-bond donors (Lipinski definition) is 2. The van der Waals surface area contributed by atoms with Gasteiger partial charge in [-0.25, -0.2) is 9.78 Å². The molecule has 1 aliphatic rings. The van der Waals surface area contributed by atoms with Crippen LogP contribution in [0.3, 0.4) is 0 Å². The Hall–Kier alpha value is -4.28. The number of aromatic nitrogens is 4. The zero-order chi connectivity index (χ0) is 24.9. The number of hydrogen-bond acceptors (Lipinski definition) is 9. The molecule has 0 amide bonds. The van der Waals surface area contributed by atoms with Crippen LogP contribution >= 0.6 is 11.7 Å². The summed E-state index contributed by atoms with van der Waals surface area (Å²) in [6.45, 7) is 0. The van der Waals surface area contributed by atoms with Crippen molar-refractivity contribution >= 4 is 45.3 Å². The number of carbonyl (C=O) groups excluding carboxylic acids is 1. The first-order valence-corrected chi connectivity index (χ1v) is 11.8. The van der Waals surface area contributed by atoms with Crippen LogP contribution in [-0.4, -0.2) is 44.0 Å². The zero-order valence-electron chi connectivity index (χ0n) is 19.3. The summed E-state index contributed by atoms with van der Waals surface area (Å²) in [4.78, 5) is 20.7. The highest BCUT2D eigenvalue weighted by molar-refractivity contribution is 7.00. The normalized spacial score (nSPS) is 17.7. The lowest BCUT2D eigenvalue weighted by molar-refractivity contribution is -0.185. The van der Waals surface area contributed by atoms with Gasteiger partial charge in [-0.3, -0.25) is 0 Å². The molecule has 0 bridgehead atoms. The number of ether oxygens (including phenoxy) is 3. The standard InChI is InChI=1S/C26H20N4O5S/c1-33-22-8-5-16(12-23(22)34-2)26(32)17(9-14-3-6-18-20(10-14)28-13-27-18)24(25(31)35-26)15-4-7-19-21(11-15)30-36-29-19/h3-8,10-13,32H,9H2,1-2H3,(H,27,28). The van der Waals surface area contributed by atoms with Crippen molar-refractivity contribution in [3.05, 3.63) is 83.2 Å². The summed E-state index contributed by atoms with van der Waals surface area (Å²) in [5, 5.41) is 12.0. The highest BCUT2D eigenvalue weighted by Crippen LogP contribution is 2.46. The average Bonchev–Trinajstić information content (AvgIpc) is 3.61. The van der Waals surface area contributed by atoms with Crippen LogP contribution in [0.2, 0.25) is 0 Å². The fourth-order valence-electron chi connectivity index (χ4n) is 4.55. The van der Waals surface area contributed by atoms with E-state index in [1.165, 1.54) is 14.2 Å². The zero-order valence-corrected chi connectivity index (χ0v) is 20.1. The van der Waals surface area contributed by atoms with Crippen molar-refractivity contribution in [3.63, 3.8) is 0 Å². The van der Waals surface area contributed by atoms with E-state index in [1.54, 1.807) is 42.7 Å². The third kappa shape index (κ3) is 3.50. The number of aromatic amines is 1. The molecule has 0 saturated heterocycles. The van der Waals surface area contributed by atoms with E-state index in [-0.39, 0.29) is 12.0 Å². The Morgan fingerprint density at radius 1 is 0.972 bits per heavy atom. The summed E-state index contributed by atoms with van der Waals surface area (Å²) >= 11 is 1.10. The lowest BCUT2D eigenvalue weighted by Gasteiger charge is -2.26. The van der Waals surface area contributed by atoms with Crippen LogP contribution in [0.4, 0.5) is 0 Å². The number of esters is 1. The molecular formula is C26H20N4O5S. The van der Waals surface area contributed by atoms with E-state index >= 15 is 0 Å². The molecular weight excluding hydrogens is 480 g/mol. The maximum absolute atomic E-state index is 13.3. The van der Waals surface area contributed by atoms with Gasteiger partial charge in [-0.15, -0.1) is 0 Å². The molecule has 180 valence electrons. The Balaban J connectivity index is 1.55. The Kier molecular flexibility index (Phi) is 5.20. The van der Waals surface area contributed by atoms with Crippen LogP contribution < -0.4 is 9.47 Å². The number of H-pyrrole nitrogens is 1. The minimum Gasteiger partial charge on any atom is -0.493 e. The highest BCUT2D eigenvalue weighted by Gasteiger charge is 2.48. The van der Waals surface area contributed by atoms with Crippen LogP contribution in [0, 0.1) is 0 Å². The molecule has 0 spiro atoms. The largest absolute Gasteiger partial charge is 0.493 e. The molecule has 0 aliphatic carbocycles. The van der Waals surface area contributed by atoms with E-state index < -0.39 is 11.8 Å². The molecule has 3 heterocycles. The van der Waals surface area contributed by atoms with Crippen LogP contribution in [0.25, 0.3) is 27.6 Å². The smallest absolute Gasteiger partial charge is 0.342 e. The van der Waals surface area contributed by atoms with Gasteiger partial charge in [-0.2, -0.15) is 8.75 Å². The third-order valence-electron chi connectivity index (χ3n) is 6.34. The van der Waals surface area contributed by atoms with E-state index in [4.69, 9.17) is 14.2 Å². The van der Waals surface area contributed by atoms with Crippen molar-refractivity contribution < 1.29 is 24.1 Å². The van der Waals surface area contributed by atoms with Crippen molar-refractivity contribution in [1.29, 1.82) is 0 Å². The number of nitrogens with one attached hydrogen (secondary N) is 1. The van der Waals surface area contributed by atoms with Gasteiger partial charge < -0.3 is 24.3 Å². The molecule has 9 nitrogen and oxygen atoms in total. The summed E-state index contributed by atoms with van der Waals surface area (Å²) in [5.74, 6) is -1.77. The number of rotatable bonds is 6. The number of fused-ring (bicyclic) bond motifs is 2. The van der Waals surface area contributed by atoms with Gasteiger partial charge in [0.25, 0.3) is 5.79 Å². The van der Waals surface area contributed by atoms with Gasteiger partial charge in [0.15, 0.2) is 11.5 Å². The molecule has 5 aromatic rings. The van der Waals surface area contributed by atoms with Gasteiger partial charge in [0.1, 0.15) is 11.0 Å². The van der Waals surface area contributed by atoms with E-state index in [1.807, 2.05) is 18.2 Å². The topological polar surface area (TPSA) is 119 Å². The van der Waals surface area contributed by atoms with Crippen LogP contribution in [-0.2, 0) is 21.7 Å². The van der Waals surface area contributed by atoms with Crippen LogP contribution in [0.5, 0.6) is 11.5 Å². The highest BCUT2D eigenvalue weighted by atomic mass is 32.1. The lowest BCUT2D eigenvalue weighted by atomic mass is 9.87. The monoisotopic (exact) mass is 500 g/mol. The van der Waals surface area contributed by atoms with Gasteiger partial charge >= 0.3 is 5.97 Å². The lowest BCUT2D eigenvalue weighted by Crippen LogP contribution is -2.29. The van der Waals surface area contributed by atoms with Gasteiger partial charge in [-0.05, 0) is 53.6 Å². The maximum atomic E-state index is 13.3. The quantitative estimate of drug-likeness (QED) is 0.336. The summed E-state index contributed by atoms with van der Waals surface area (Å²) in [6.07, 6.45) is 1.86. The molecule has 2 N–H and O–H groups in total. The Bertz CT molecular complexity index is 1670. The van der Waals surface area contributed by atoms with E-state index in [9.17, 15) is 9.90 Å². The minimum atomic E-state index is -2.03. The predicted octanol–water partition coefficient (Wildman–Crippen LogP) is 3.98. The summed E-state index contributed by atoms with van der Waals surface area (Å²) in [6, 6.07) is 16.1. The Morgan fingerprint density at radius 3 is 2.64 bits per heavy atom. The molecule has 1 atom stereocenters. The third-order valence-corrected chi connectivity index (χ3v) is 6.90. The second-order valence-electron chi connectivity index (χ2n) is 8.36. The van der Waals surface area contributed by atoms with Gasteiger partial charge in [0, 0.05) is 17.6 Å². The SMILES string of the molecule is COc1ccc(C2(O)OC(=O)C(c3ccc4nsnc4c3)=C2Cc2ccc3[nH]cnc3c2)cc1OC. The molecule has 0 saturated carbocycles. The molecule has 1 aliphatic heterocycles. The molecule has 6 rings (SSSR count). The fraction of sp³-hybridized carbons (Fsp3) is 0.154. The molecule has 0 radical (unpaired) electrons. The van der Waals surface area contributed by atoms with Gasteiger partial charge in [-0.1, -0.05) is 12.1 Å². The molecule has 36 heavy (non-hydrogen) atoms.